The quantitative estimate of drug-likeness (QED) is 0.376. The van der Waals surface area contributed by atoms with E-state index in [0.717, 1.165) is 17.1 Å². The third-order valence-electron chi connectivity index (χ3n) is 4.73. The number of nitrogens with zero attached hydrogens (tertiary/aromatic N) is 1. The van der Waals surface area contributed by atoms with Crippen LogP contribution in [0.4, 0.5) is 18.9 Å². The van der Waals surface area contributed by atoms with Gasteiger partial charge in [0.15, 0.2) is 0 Å². The fraction of sp³-hybridized carbons (Fsp3) is 0.136. The van der Waals surface area contributed by atoms with Crippen molar-refractivity contribution in [1.82, 2.24) is 4.98 Å². The predicted octanol–water partition coefficient (Wildman–Crippen LogP) is 6.72. The third kappa shape index (κ3) is 3.80. The van der Waals surface area contributed by atoms with E-state index in [9.17, 15) is 18.3 Å². The molecule has 0 saturated carbocycles. The number of alkyl halides is 3. The topological polar surface area (TPSA) is 58.3 Å². The van der Waals surface area contributed by atoms with Gasteiger partial charge >= 0.3 is 6.18 Å². The number of anilines is 1. The number of aromatic nitrogens is 1. The molecule has 0 saturated heterocycles. The molecule has 2 heterocycles. The minimum absolute atomic E-state index is 0.0740. The van der Waals surface area contributed by atoms with Gasteiger partial charge in [-0.25, -0.2) is 4.98 Å². The lowest BCUT2D eigenvalue weighted by molar-refractivity contribution is -0.137. The molecule has 0 aliphatic heterocycles. The Kier molecular flexibility index (Phi) is 5.07. The van der Waals surface area contributed by atoms with Crippen molar-refractivity contribution in [2.75, 3.05) is 5.32 Å². The number of hydrogen-bond acceptors (Lipinski definition) is 4. The van der Waals surface area contributed by atoms with Gasteiger partial charge in [-0.3, -0.25) is 0 Å². The van der Waals surface area contributed by atoms with Crippen molar-refractivity contribution in [2.45, 2.75) is 19.1 Å². The molecule has 30 heavy (non-hydrogen) atoms. The Labute approximate surface area is 174 Å². The number of aromatic hydroxyl groups is 1. The highest BCUT2D eigenvalue weighted by atomic mass is 35.5. The van der Waals surface area contributed by atoms with Gasteiger partial charge in [-0.1, -0.05) is 29.8 Å². The summed E-state index contributed by atoms with van der Waals surface area (Å²) in [6.45, 7) is 1.81. The summed E-state index contributed by atoms with van der Waals surface area (Å²) < 4.78 is 45.3. The average molecular weight is 433 g/mol. The van der Waals surface area contributed by atoms with E-state index < -0.39 is 22.8 Å². The van der Waals surface area contributed by atoms with E-state index >= 15 is 0 Å². The van der Waals surface area contributed by atoms with Gasteiger partial charge < -0.3 is 14.8 Å². The molecule has 0 bridgehead atoms. The molecule has 0 fully saturated rings. The molecule has 2 aromatic heterocycles. The lowest BCUT2D eigenvalue weighted by Gasteiger charge is -2.21. The molecule has 8 heteroatoms. The molecular weight excluding hydrogens is 417 g/mol. The molecule has 4 aromatic rings. The summed E-state index contributed by atoms with van der Waals surface area (Å²) >= 11 is 5.72. The van der Waals surface area contributed by atoms with Crippen molar-refractivity contribution in [3.05, 3.63) is 88.5 Å². The standard InChI is InChI=1S/C22H16ClF3N2O2/c1-12-4-5-13-6-8-15(21(29)19(13)27-12)20(18-3-2-10-30-18)28-14-7-9-17(23)16(11-14)22(24,25)26/h2-11,20,28-29H,1H3. The van der Waals surface area contributed by atoms with Crippen LogP contribution < -0.4 is 5.32 Å². The highest BCUT2D eigenvalue weighted by Gasteiger charge is 2.33. The summed E-state index contributed by atoms with van der Waals surface area (Å²) in [6, 6.07) is 13.3. The van der Waals surface area contributed by atoms with Crippen LogP contribution in [-0.4, -0.2) is 10.1 Å². The molecule has 0 radical (unpaired) electrons. The molecule has 0 aliphatic carbocycles. The molecule has 0 spiro atoms. The third-order valence-corrected chi connectivity index (χ3v) is 5.06. The Bertz CT molecular complexity index is 1210. The Morgan fingerprint density at radius 2 is 1.87 bits per heavy atom. The molecule has 1 atom stereocenters. The number of benzene rings is 2. The first-order valence-electron chi connectivity index (χ1n) is 9.00. The fourth-order valence-corrected chi connectivity index (χ4v) is 3.50. The normalized spacial score (nSPS) is 12.8. The van der Waals surface area contributed by atoms with Crippen molar-refractivity contribution in [3.63, 3.8) is 0 Å². The zero-order valence-electron chi connectivity index (χ0n) is 15.7. The van der Waals surface area contributed by atoms with Crippen LogP contribution in [-0.2, 0) is 6.18 Å². The van der Waals surface area contributed by atoms with Crippen LogP contribution in [0.3, 0.4) is 0 Å². The second kappa shape index (κ2) is 7.57. The summed E-state index contributed by atoms with van der Waals surface area (Å²) in [5.74, 6) is 0.343. The summed E-state index contributed by atoms with van der Waals surface area (Å²) in [7, 11) is 0. The first-order chi connectivity index (χ1) is 14.2. The van der Waals surface area contributed by atoms with E-state index in [1.807, 2.05) is 12.1 Å². The molecule has 2 N–H and O–H groups in total. The number of nitrogens with one attached hydrogen (secondary N) is 1. The van der Waals surface area contributed by atoms with Gasteiger partial charge in [0.25, 0.3) is 0 Å². The van der Waals surface area contributed by atoms with Crippen molar-refractivity contribution >= 4 is 28.2 Å². The van der Waals surface area contributed by atoms with Gasteiger partial charge in [-0.2, -0.15) is 13.2 Å². The van der Waals surface area contributed by atoms with Gasteiger partial charge in [-0.05, 0) is 43.3 Å². The first kappa shape index (κ1) is 20.1. The lowest BCUT2D eigenvalue weighted by Crippen LogP contribution is -2.13. The Morgan fingerprint density at radius 1 is 1.10 bits per heavy atom. The molecule has 0 aliphatic rings. The van der Waals surface area contributed by atoms with E-state index in [1.165, 1.54) is 18.4 Å². The van der Waals surface area contributed by atoms with Crippen molar-refractivity contribution in [1.29, 1.82) is 0 Å². The molecule has 1 unspecified atom stereocenters. The molecule has 154 valence electrons. The highest BCUT2D eigenvalue weighted by Crippen LogP contribution is 2.39. The summed E-state index contributed by atoms with van der Waals surface area (Å²) in [4.78, 5) is 4.39. The van der Waals surface area contributed by atoms with Gasteiger partial charge in [0.2, 0.25) is 0 Å². The number of pyridine rings is 1. The van der Waals surface area contributed by atoms with E-state index in [0.29, 0.717) is 16.8 Å². The summed E-state index contributed by atoms with van der Waals surface area (Å²) in [6.07, 6.45) is -3.14. The Hall–Kier alpha value is -3.19. The van der Waals surface area contributed by atoms with Gasteiger partial charge in [-0.15, -0.1) is 0 Å². The lowest BCUT2D eigenvalue weighted by atomic mass is 10.00. The van der Waals surface area contributed by atoms with Crippen molar-refractivity contribution < 1.29 is 22.7 Å². The van der Waals surface area contributed by atoms with Crippen molar-refractivity contribution in [3.8, 4) is 5.75 Å². The number of furan rings is 1. The maximum Gasteiger partial charge on any atom is 0.417 e. The highest BCUT2D eigenvalue weighted by molar-refractivity contribution is 6.31. The smallest absolute Gasteiger partial charge is 0.417 e. The zero-order valence-corrected chi connectivity index (χ0v) is 16.4. The van der Waals surface area contributed by atoms with Crippen LogP contribution in [0.2, 0.25) is 5.02 Å². The second-order valence-corrected chi connectivity index (χ2v) is 7.22. The maximum atomic E-state index is 13.3. The molecule has 0 amide bonds. The fourth-order valence-electron chi connectivity index (χ4n) is 3.28. The number of phenolic OH excluding ortho intramolecular Hbond substituents is 1. The Morgan fingerprint density at radius 3 is 2.57 bits per heavy atom. The largest absolute Gasteiger partial charge is 0.505 e. The van der Waals surface area contributed by atoms with Crippen LogP contribution in [0.15, 0.2) is 65.3 Å². The minimum atomic E-state index is -4.60. The van der Waals surface area contributed by atoms with Crippen LogP contribution in [0.1, 0.15) is 28.6 Å². The van der Waals surface area contributed by atoms with Crippen LogP contribution in [0, 0.1) is 6.92 Å². The number of phenols is 1. The molecule has 4 rings (SSSR count). The van der Waals surface area contributed by atoms with Crippen LogP contribution in [0.25, 0.3) is 10.9 Å². The SMILES string of the molecule is Cc1ccc2ccc(C(Nc3ccc(Cl)c(C(F)(F)F)c3)c3ccco3)c(O)c2n1. The van der Waals surface area contributed by atoms with E-state index in [4.69, 9.17) is 16.0 Å². The van der Waals surface area contributed by atoms with Gasteiger partial charge in [0.1, 0.15) is 23.1 Å². The average Bonchev–Trinajstić information content (AvgIpc) is 3.22. The number of hydrogen-bond donors (Lipinski definition) is 2. The monoisotopic (exact) mass is 432 g/mol. The maximum absolute atomic E-state index is 13.3. The van der Waals surface area contributed by atoms with E-state index in [1.54, 1.807) is 31.2 Å². The minimum Gasteiger partial charge on any atom is -0.505 e. The molecule has 4 nitrogen and oxygen atoms in total. The van der Waals surface area contributed by atoms with Gasteiger partial charge in [0.05, 0.1) is 16.8 Å². The first-order valence-corrected chi connectivity index (χ1v) is 9.38. The molecular formula is C22H16ClF3N2O2. The Balaban J connectivity index is 1.82. The molecule has 2 aromatic carbocycles. The summed E-state index contributed by atoms with van der Waals surface area (Å²) in [5, 5.41) is 14.3. The number of fused-ring (bicyclic) bond motifs is 1. The predicted molar refractivity (Wildman–Crippen MR) is 109 cm³/mol. The van der Waals surface area contributed by atoms with E-state index in [2.05, 4.69) is 10.3 Å². The second-order valence-electron chi connectivity index (χ2n) is 6.81. The summed E-state index contributed by atoms with van der Waals surface area (Å²) in [5.41, 5.74) is 0.763. The number of aryl methyl sites for hydroxylation is 1. The van der Waals surface area contributed by atoms with Crippen LogP contribution >= 0.6 is 11.6 Å². The van der Waals surface area contributed by atoms with Gasteiger partial charge in [0, 0.05) is 22.3 Å². The van der Waals surface area contributed by atoms with Crippen molar-refractivity contribution in [2.24, 2.45) is 0 Å². The van der Waals surface area contributed by atoms with E-state index in [-0.39, 0.29) is 11.4 Å². The number of halogens is 4. The zero-order chi connectivity index (χ0) is 21.5. The van der Waals surface area contributed by atoms with Crippen LogP contribution in [0.5, 0.6) is 5.75 Å². The number of rotatable bonds is 4.